The molecule has 2 aliphatic rings. The van der Waals surface area contributed by atoms with Gasteiger partial charge in [-0.05, 0) is 31.1 Å². The first-order chi connectivity index (χ1) is 11.3. The summed E-state index contributed by atoms with van der Waals surface area (Å²) in [5.74, 6) is 0.246. The van der Waals surface area contributed by atoms with Gasteiger partial charge in [0.1, 0.15) is 0 Å². The van der Waals surface area contributed by atoms with Gasteiger partial charge in [-0.15, -0.1) is 0 Å². The van der Waals surface area contributed by atoms with Gasteiger partial charge in [0.25, 0.3) is 0 Å². The van der Waals surface area contributed by atoms with Crippen LogP contribution in [-0.4, -0.2) is 44.3 Å². The number of carbonyl (C=O) groups excluding carboxylic acids is 2. The lowest BCUT2D eigenvalue weighted by Crippen LogP contribution is -2.50. The third kappa shape index (κ3) is 4.85. The van der Waals surface area contributed by atoms with Gasteiger partial charge >= 0.3 is 6.03 Å². The maximum atomic E-state index is 12.3. The van der Waals surface area contributed by atoms with Gasteiger partial charge in [-0.2, -0.15) is 0 Å². The molecule has 1 heterocycles. The van der Waals surface area contributed by atoms with Crippen LogP contribution < -0.4 is 16.0 Å². The summed E-state index contributed by atoms with van der Waals surface area (Å²) in [5.41, 5.74) is 0.0685. The van der Waals surface area contributed by atoms with Crippen LogP contribution in [0.15, 0.2) is 0 Å². The van der Waals surface area contributed by atoms with E-state index in [0.29, 0.717) is 12.5 Å². The molecule has 4 atom stereocenters. The number of hydrogen-bond donors (Lipinski definition) is 3. The van der Waals surface area contributed by atoms with Gasteiger partial charge in [0.05, 0.1) is 12.0 Å². The molecule has 1 aliphatic carbocycles. The molecule has 138 valence electrons. The van der Waals surface area contributed by atoms with E-state index in [1.807, 2.05) is 0 Å². The minimum Gasteiger partial charge on any atom is -0.377 e. The molecule has 0 aromatic carbocycles. The molecule has 0 radical (unpaired) electrons. The normalized spacial score (nSPS) is 30.7. The number of rotatable bonds is 4. The average molecular weight is 339 g/mol. The topological polar surface area (TPSA) is 79.5 Å². The summed E-state index contributed by atoms with van der Waals surface area (Å²) in [7, 11) is 1.65. The van der Waals surface area contributed by atoms with E-state index in [2.05, 4.69) is 36.7 Å². The Morgan fingerprint density at radius 1 is 1.12 bits per heavy atom. The molecular formula is C18H33N3O3. The van der Waals surface area contributed by atoms with Crippen molar-refractivity contribution in [3.63, 3.8) is 0 Å². The van der Waals surface area contributed by atoms with Crippen LogP contribution in [0.25, 0.3) is 0 Å². The van der Waals surface area contributed by atoms with E-state index < -0.39 is 0 Å². The Morgan fingerprint density at radius 3 is 2.54 bits per heavy atom. The molecule has 2 fully saturated rings. The molecule has 3 N–H and O–H groups in total. The fourth-order valence-corrected chi connectivity index (χ4v) is 4.08. The van der Waals surface area contributed by atoms with Crippen LogP contribution in [0.3, 0.4) is 0 Å². The smallest absolute Gasteiger partial charge is 0.315 e. The number of ether oxygens (including phenoxy) is 1. The van der Waals surface area contributed by atoms with E-state index >= 15 is 0 Å². The maximum Gasteiger partial charge on any atom is 0.315 e. The molecule has 3 amide bonds. The molecule has 1 saturated heterocycles. The second-order valence-electron chi connectivity index (χ2n) is 8.17. The van der Waals surface area contributed by atoms with Crippen molar-refractivity contribution in [3.8, 4) is 0 Å². The summed E-state index contributed by atoms with van der Waals surface area (Å²) < 4.78 is 5.96. The highest BCUT2D eigenvalue weighted by molar-refractivity contribution is 5.81. The molecule has 0 aromatic rings. The van der Waals surface area contributed by atoms with Crippen LogP contribution in [0.1, 0.15) is 52.9 Å². The predicted molar refractivity (Wildman–Crippen MR) is 93.6 cm³/mol. The number of urea groups is 1. The quantitative estimate of drug-likeness (QED) is 0.733. The van der Waals surface area contributed by atoms with Crippen LogP contribution >= 0.6 is 0 Å². The van der Waals surface area contributed by atoms with E-state index in [-0.39, 0.29) is 35.4 Å². The van der Waals surface area contributed by atoms with Crippen LogP contribution in [0, 0.1) is 17.3 Å². The minimum atomic E-state index is -0.172. The summed E-state index contributed by atoms with van der Waals surface area (Å²) in [4.78, 5) is 24.1. The van der Waals surface area contributed by atoms with Crippen molar-refractivity contribution in [1.29, 1.82) is 0 Å². The minimum absolute atomic E-state index is 0.0197. The van der Waals surface area contributed by atoms with Gasteiger partial charge in [0.2, 0.25) is 5.91 Å². The van der Waals surface area contributed by atoms with Crippen LogP contribution in [0.4, 0.5) is 4.79 Å². The summed E-state index contributed by atoms with van der Waals surface area (Å²) in [6, 6.07) is -0.236. The Morgan fingerprint density at radius 2 is 1.88 bits per heavy atom. The first-order valence-electron chi connectivity index (χ1n) is 9.20. The zero-order valence-electron chi connectivity index (χ0n) is 15.5. The fraction of sp³-hybridized carbons (Fsp3) is 0.889. The monoisotopic (exact) mass is 339 g/mol. The van der Waals surface area contributed by atoms with E-state index in [1.54, 1.807) is 7.05 Å². The van der Waals surface area contributed by atoms with Crippen molar-refractivity contribution >= 4 is 11.9 Å². The molecule has 0 aromatic heterocycles. The summed E-state index contributed by atoms with van der Waals surface area (Å²) in [5, 5.41) is 8.67. The van der Waals surface area contributed by atoms with Crippen molar-refractivity contribution in [3.05, 3.63) is 0 Å². The molecule has 1 aliphatic heterocycles. The summed E-state index contributed by atoms with van der Waals surface area (Å²) >= 11 is 0. The van der Waals surface area contributed by atoms with Crippen molar-refractivity contribution < 1.29 is 14.3 Å². The number of hydrogen-bond acceptors (Lipinski definition) is 3. The first kappa shape index (κ1) is 19.0. The molecule has 24 heavy (non-hydrogen) atoms. The molecule has 6 heteroatoms. The molecule has 4 unspecified atom stereocenters. The molecule has 1 saturated carbocycles. The first-order valence-corrected chi connectivity index (χ1v) is 9.20. The fourth-order valence-electron chi connectivity index (χ4n) is 4.08. The maximum absolute atomic E-state index is 12.3. The standard InChI is InChI=1S/C18H33N3O3/c1-18(2,3)15-12(7-6-10-24-15)11-20-17(23)21-14-9-5-8-13(14)16(22)19-4/h12-15H,5-11H2,1-4H3,(H,19,22)(H2,20,21,23). The number of nitrogens with one attached hydrogen (secondary N) is 3. The molecule has 0 spiro atoms. The van der Waals surface area contributed by atoms with Gasteiger partial charge in [-0.25, -0.2) is 4.79 Å². The SMILES string of the molecule is CNC(=O)C1CCCC1NC(=O)NCC1CCCOC1C(C)(C)C. The average Bonchev–Trinajstić information content (AvgIpc) is 2.99. The lowest BCUT2D eigenvalue weighted by atomic mass is 9.78. The highest BCUT2D eigenvalue weighted by atomic mass is 16.5. The summed E-state index contributed by atoms with van der Waals surface area (Å²) in [6.07, 6.45) is 4.97. The second-order valence-corrected chi connectivity index (χ2v) is 8.17. The number of amides is 3. The lowest BCUT2D eigenvalue weighted by Gasteiger charge is -2.40. The zero-order valence-corrected chi connectivity index (χ0v) is 15.5. The molecule has 6 nitrogen and oxygen atoms in total. The predicted octanol–water partition coefficient (Wildman–Crippen LogP) is 2.04. The van der Waals surface area contributed by atoms with E-state index in [1.165, 1.54) is 0 Å². The Labute approximate surface area is 145 Å². The molecule has 0 bridgehead atoms. The third-order valence-electron chi connectivity index (χ3n) is 5.24. The van der Waals surface area contributed by atoms with Gasteiger partial charge in [-0.3, -0.25) is 4.79 Å². The van der Waals surface area contributed by atoms with Crippen molar-refractivity contribution in [1.82, 2.24) is 16.0 Å². The Kier molecular flexibility index (Phi) is 6.49. The lowest BCUT2D eigenvalue weighted by molar-refractivity contribution is -0.124. The Balaban J connectivity index is 1.83. The van der Waals surface area contributed by atoms with Crippen LogP contribution in [-0.2, 0) is 9.53 Å². The van der Waals surface area contributed by atoms with Gasteiger partial charge in [0, 0.05) is 32.2 Å². The molecular weight excluding hydrogens is 306 g/mol. The van der Waals surface area contributed by atoms with E-state index in [9.17, 15) is 9.59 Å². The van der Waals surface area contributed by atoms with Crippen molar-refractivity contribution in [2.45, 2.75) is 65.0 Å². The largest absolute Gasteiger partial charge is 0.377 e. The zero-order chi connectivity index (χ0) is 17.7. The molecule has 2 rings (SSSR count). The highest BCUT2D eigenvalue weighted by Crippen LogP contribution is 2.33. The van der Waals surface area contributed by atoms with Crippen molar-refractivity contribution in [2.24, 2.45) is 17.3 Å². The second kappa shape index (κ2) is 8.19. The van der Waals surface area contributed by atoms with Crippen molar-refractivity contribution in [2.75, 3.05) is 20.2 Å². The number of carbonyl (C=O) groups is 2. The third-order valence-corrected chi connectivity index (χ3v) is 5.24. The van der Waals surface area contributed by atoms with Gasteiger partial charge in [0.15, 0.2) is 0 Å². The van der Waals surface area contributed by atoms with Gasteiger partial charge < -0.3 is 20.7 Å². The Hall–Kier alpha value is -1.30. The Bertz CT molecular complexity index is 447. The summed E-state index contributed by atoms with van der Waals surface area (Å²) in [6.45, 7) is 7.97. The van der Waals surface area contributed by atoms with E-state index in [0.717, 1.165) is 38.7 Å². The highest BCUT2D eigenvalue weighted by Gasteiger charge is 2.36. The van der Waals surface area contributed by atoms with Gasteiger partial charge in [-0.1, -0.05) is 27.2 Å². The van der Waals surface area contributed by atoms with Crippen LogP contribution in [0.2, 0.25) is 0 Å². The van der Waals surface area contributed by atoms with E-state index in [4.69, 9.17) is 4.74 Å². The van der Waals surface area contributed by atoms with Crippen LogP contribution in [0.5, 0.6) is 0 Å².